The maximum absolute atomic E-state index is 10.9. The summed E-state index contributed by atoms with van der Waals surface area (Å²) in [5.74, 6) is -0.105. The van der Waals surface area contributed by atoms with E-state index < -0.39 is 0 Å². The van der Waals surface area contributed by atoms with Crippen LogP contribution in [0, 0.1) is 11.3 Å². The maximum atomic E-state index is 10.9. The molecule has 0 fully saturated rings. The minimum Gasteiger partial charge on any atom is -0.326 e. The molecule has 0 radical (unpaired) electrons. The second-order valence-electron chi connectivity index (χ2n) is 3.53. The van der Waals surface area contributed by atoms with Gasteiger partial charge in [-0.15, -0.1) is 0 Å². The normalized spacial score (nSPS) is 9.75. The third kappa shape index (κ3) is 1.86. The third-order valence-electron chi connectivity index (χ3n) is 2.34. The highest BCUT2D eigenvalue weighted by atomic mass is 16.1. The van der Waals surface area contributed by atoms with Crippen LogP contribution in [-0.2, 0) is 4.79 Å². The molecule has 16 heavy (non-hydrogen) atoms. The Bertz CT molecular complexity index is 554. The first-order valence-corrected chi connectivity index (χ1v) is 4.91. The predicted octanol–water partition coefficient (Wildman–Crippen LogP) is 2.62. The molecule has 0 aliphatic heterocycles. The van der Waals surface area contributed by atoms with Crippen molar-refractivity contribution in [2.45, 2.75) is 6.92 Å². The molecule has 0 unspecified atom stereocenters. The van der Waals surface area contributed by atoms with Gasteiger partial charge < -0.3 is 5.32 Å². The SMILES string of the molecule is CC(=O)Nc1ccc2ccc(C#N)c-2cc1. The molecule has 2 aliphatic carbocycles. The molecule has 0 atom stereocenters. The molecule has 0 saturated carbocycles. The smallest absolute Gasteiger partial charge is 0.221 e. The lowest BCUT2D eigenvalue weighted by atomic mass is 10.1. The highest BCUT2D eigenvalue weighted by Gasteiger charge is 2.07. The summed E-state index contributed by atoms with van der Waals surface area (Å²) in [7, 11) is 0. The van der Waals surface area contributed by atoms with Gasteiger partial charge >= 0.3 is 0 Å². The lowest BCUT2D eigenvalue weighted by Gasteiger charge is -1.96. The number of carbonyl (C=O) groups is 1. The number of amides is 1. The highest BCUT2D eigenvalue weighted by Crippen LogP contribution is 2.27. The Hall–Kier alpha value is -2.34. The molecule has 0 aromatic rings. The fourth-order valence-electron chi connectivity index (χ4n) is 1.63. The Morgan fingerprint density at radius 1 is 1.19 bits per heavy atom. The van der Waals surface area contributed by atoms with Crippen LogP contribution in [0.1, 0.15) is 12.5 Å². The fourth-order valence-corrected chi connectivity index (χ4v) is 1.63. The van der Waals surface area contributed by atoms with Gasteiger partial charge in [0.15, 0.2) is 0 Å². The predicted molar refractivity (Wildman–Crippen MR) is 62.1 cm³/mol. The van der Waals surface area contributed by atoms with E-state index in [-0.39, 0.29) is 5.91 Å². The second-order valence-corrected chi connectivity index (χ2v) is 3.53. The lowest BCUT2D eigenvalue weighted by Crippen LogP contribution is -2.04. The number of fused-ring (bicyclic) bond motifs is 1. The highest BCUT2D eigenvalue weighted by molar-refractivity contribution is 5.89. The van der Waals surface area contributed by atoms with Crippen LogP contribution in [0.15, 0.2) is 36.4 Å². The van der Waals surface area contributed by atoms with Crippen molar-refractivity contribution in [3.63, 3.8) is 0 Å². The van der Waals surface area contributed by atoms with E-state index in [9.17, 15) is 4.79 Å². The molecule has 1 N–H and O–H groups in total. The van der Waals surface area contributed by atoms with Crippen LogP contribution < -0.4 is 5.32 Å². The average Bonchev–Trinajstić information content (AvgIpc) is 2.54. The first-order chi connectivity index (χ1) is 7.70. The van der Waals surface area contributed by atoms with Crippen LogP contribution in [0.2, 0.25) is 0 Å². The van der Waals surface area contributed by atoms with Gasteiger partial charge in [0, 0.05) is 12.6 Å². The third-order valence-corrected chi connectivity index (χ3v) is 2.34. The Morgan fingerprint density at radius 3 is 2.56 bits per heavy atom. The van der Waals surface area contributed by atoms with Crippen LogP contribution in [0.4, 0.5) is 5.69 Å². The van der Waals surface area contributed by atoms with Crippen LogP contribution in [-0.4, -0.2) is 5.91 Å². The molecule has 2 aliphatic rings. The van der Waals surface area contributed by atoms with E-state index in [1.54, 1.807) is 12.1 Å². The van der Waals surface area contributed by atoms with E-state index in [0.29, 0.717) is 5.56 Å². The number of nitrogens with one attached hydrogen (secondary N) is 1. The van der Waals surface area contributed by atoms with Crippen LogP contribution in [0.3, 0.4) is 0 Å². The van der Waals surface area contributed by atoms with E-state index in [0.717, 1.165) is 16.8 Å². The number of hydrogen-bond acceptors (Lipinski definition) is 2. The second kappa shape index (κ2) is 4.03. The van der Waals surface area contributed by atoms with Gasteiger partial charge in [0.05, 0.1) is 11.6 Å². The molecule has 78 valence electrons. The number of nitriles is 1. The zero-order valence-electron chi connectivity index (χ0n) is 8.82. The summed E-state index contributed by atoms with van der Waals surface area (Å²) in [4.78, 5) is 10.9. The number of nitrogens with zero attached hydrogens (tertiary/aromatic N) is 1. The quantitative estimate of drug-likeness (QED) is 0.786. The molecule has 0 aromatic carbocycles. The molecule has 0 saturated heterocycles. The van der Waals surface area contributed by atoms with Gasteiger partial charge in [-0.3, -0.25) is 4.79 Å². The summed E-state index contributed by atoms with van der Waals surface area (Å²) in [6, 6.07) is 13.2. The first-order valence-electron chi connectivity index (χ1n) is 4.91. The summed E-state index contributed by atoms with van der Waals surface area (Å²) in [5, 5.41) is 11.6. The number of carbonyl (C=O) groups excluding carboxylic acids is 1. The lowest BCUT2D eigenvalue weighted by molar-refractivity contribution is -0.114. The summed E-state index contributed by atoms with van der Waals surface area (Å²) < 4.78 is 0. The molecule has 0 spiro atoms. The van der Waals surface area contributed by atoms with E-state index in [1.165, 1.54) is 6.92 Å². The van der Waals surface area contributed by atoms with Gasteiger partial charge in [-0.05, 0) is 29.3 Å². The summed E-state index contributed by atoms with van der Waals surface area (Å²) in [6.07, 6.45) is 0. The average molecular weight is 210 g/mol. The standard InChI is InChI=1S/C13H10N2O/c1-9(16)15-12-5-4-10-2-3-11(8-14)13(10)7-6-12/h2-7H,1H3,(H,15,16). The van der Waals surface area contributed by atoms with Gasteiger partial charge in [-0.25, -0.2) is 0 Å². The van der Waals surface area contributed by atoms with Crippen LogP contribution in [0.5, 0.6) is 0 Å². The van der Waals surface area contributed by atoms with Crippen molar-refractivity contribution in [3.8, 4) is 17.2 Å². The molecular weight excluding hydrogens is 200 g/mol. The van der Waals surface area contributed by atoms with E-state index in [1.807, 2.05) is 24.3 Å². The minimum absolute atomic E-state index is 0.105. The largest absolute Gasteiger partial charge is 0.326 e. The molecule has 0 bridgehead atoms. The van der Waals surface area contributed by atoms with Crippen molar-refractivity contribution in [1.29, 1.82) is 5.26 Å². The summed E-state index contributed by atoms with van der Waals surface area (Å²) in [6.45, 7) is 1.47. The molecule has 0 heterocycles. The first kappa shape index (κ1) is 10.2. The topological polar surface area (TPSA) is 52.9 Å². The summed E-state index contributed by atoms with van der Waals surface area (Å²) >= 11 is 0. The minimum atomic E-state index is -0.105. The number of rotatable bonds is 1. The van der Waals surface area contributed by atoms with Gasteiger partial charge in [0.2, 0.25) is 5.91 Å². The Kier molecular flexibility index (Phi) is 2.57. The molecular formula is C13H10N2O. The van der Waals surface area contributed by atoms with Crippen molar-refractivity contribution in [3.05, 3.63) is 42.0 Å². The van der Waals surface area contributed by atoms with E-state index >= 15 is 0 Å². The summed E-state index contributed by atoms with van der Waals surface area (Å²) in [5.41, 5.74) is 3.28. The van der Waals surface area contributed by atoms with Crippen molar-refractivity contribution in [1.82, 2.24) is 0 Å². The fraction of sp³-hybridized carbons (Fsp3) is 0.0769. The monoisotopic (exact) mass is 210 g/mol. The van der Waals surface area contributed by atoms with E-state index in [2.05, 4.69) is 11.4 Å². The van der Waals surface area contributed by atoms with Crippen LogP contribution in [0.25, 0.3) is 11.1 Å². The Balaban J connectivity index is 2.49. The molecule has 2 rings (SSSR count). The van der Waals surface area contributed by atoms with Gasteiger partial charge in [0.25, 0.3) is 0 Å². The van der Waals surface area contributed by atoms with Gasteiger partial charge in [0.1, 0.15) is 0 Å². The molecule has 3 heteroatoms. The van der Waals surface area contributed by atoms with Crippen molar-refractivity contribution in [2.24, 2.45) is 0 Å². The Morgan fingerprint density at radius 2 is 1.88 bits per heavy atom. The molecule has 0 aromatic heterocycles. The van der Waals surface area contributed by atoms with Crippen molar-refractivity contribution in [2.75, 3.05) is 5.32 Å². The zero-order valence-corrected chi connectivity index (χ0v) is 8.82. The molecule has 3 nitrogen and oxygen atoms in total. The maximum Gasteiger partial charge on any atom is 0.221 e. The number of hydrogen-bond donors (Lipinski definition) is 1. The zero-order chi connectivity index (χ0) is 11.5. The van der Waals surface area contributed by atoms with Crippen LogP contribution >= 0.6 is 0 Å². The number of anilines is 1. The van der Waals surface area contributed by atoms with E-state index in [4.69, 9.17) is 5.26 Å². The Labute approximate surface area is 93.7 Å². The van der Waals surface area contributed by atoms with Gasteiger partial charge in [-0.1, -0.05) is 18.2 Å². The van der Waals surface area contributed by atoms with Crippen molar-refractivity contribution >= 4 is 11.6 Å². The van der Waals surface area contributed by atoms with Gasteiger partial charge in [-0.2, -0.15) is 5.26 Å². The molecule has 1 amide bonds. The van der Waals surface area contributed by atoms with Crippen molar-refractivity contribution < 1.29 is 4.79 Å².